The lowest BCUT2D eigenvalue weighted by Crippen LogP contribution is -2.32. The van der Waals surface area contributed by atoms with E-state index in [0.29, 0.717) is 19.3 Å². The van der Waals surface area contributed by atoms with E-state index in [-0.39, 0.29) is 6.54 Å². The number of halogens is 1. The van der Waals surface area contributed by atoms with Gasteiger partial charge in [0, 0.05) is 19.8 Å². The first-order valence-corrected chi connectivity index (χ1v) is 4.96. The van der Waals surface area contributed by atoms with Crippen molar-refractivity contribution in [1.29, 1.82) is 0 Å². The molecule has 0 radical (unpaired) electrons. The molecular weight excluding hydrogens is 181 g/mol. The highest BCUT2D eigenvalue weighted by molar-refractivity contribution is 5.04. The summed E-state index contributed by atoms with van der Waals surface area (Å²) in [7, 11) is 1.86. The molecule has 0 aromatic carbocycles. The van der Waals surface area contributed by atoms with Gasteiger partial charge in [-0.2, -0.15) is 5.10 Å². The second-order valence-electron chi connectivity index (χ2n) is 3.73. The van der Waals surface area contributed by atoms with Crippen LogP contribution in [0.5, 0.6) is 0 Å². The van der Waals surface area contributed by atoms with Crippen molar-refractivity contribution in [1.82, 2.24) is 9.78 Å². The lowest BCUT2D eigenvalue weighted by Gasteiger charge is -2.20. The van der Waals surface area contributed by atoms with Crippen molar-refractivity contribution >= 4 is 0 Å². The van der Waals surface area contributed by atoms with Crippen LogP contribution in [0.2, 0.25) is 0 Å². The minimum atomic E-state index is -1.21. The molecule has 1 heterocycles. The van der Waals surface area contributed by atoms with Gasteiger partial charge < -0.3 is 5.73 Å². The standard InChI is InChI=1S/C10H18FN3/c1-3-10(11,8-12)5-4-9-6-13-14(2)7-9/h6-7H,3-5,8,12H2,1-2H3. The summed E-state index contributed by atoms with van der Waals surface area (Å²) in [4.78, 5) is 0. The van der Waals surface area contributed by atoms with Gasteiger partial charge in [-0.1, -0.05) is 6.92 Å². The fraction of sp³-hybridized carbons (Fsp3) is 0.700. The van der Waals surface area contributed by atoms with E-state index >= 15 is 0 Å². The topological polar surface area (TPSA) is 43.8 Å². The summed E-state index contributed by atoms with van der Waals surface area (Å²) in [5, 5.41) is 4.03. The third-order valence-electron chi connectivity index (χ3n) is 2.62. The van der Waals surface area contributed by atoms with E-state index < -0.39 is 5.67 Å². The van der Waals surface area contributed by atoms with Gasteiger partial charge in [0.25, 0.3) is 0 Å². The molecule has 0 aliphatic rings. The third-order valence-corrected chi connectivity index (χ3v) is 2.62. The van der Waals surface area contributed by atoms with E-state index in [0.717, 1.165) is 5.56 Å². The van der Waals surface area contributed by atoms with Crippen LogP contribution in [0.25, 0.3) is 0 Å². The number of hydrogen-bond donors (Lipinski definition) is 1. The Hall–Kier alpha value is -0.900. The normalized spacial score (nSPS) is 15.4. The fourth-order valence-electron chi connectivity index (χ4n) is 1.39. The van der Waals surface area contributed by atoms with Crippen molar-refractivity contribution in [2.75, 3.05) is 6.54 Å². The van der Waals surface area contributed by atoms with Gasteiger partial charge in [-0.3, -0.25) is 4.68 Å². The van der Waals surface area contributed by atoms with Crippen LogP contribution in [0.1, 0.15) is 25.3 Å². The van der Waals surface area contributed by atoms with Crippen molar-refractivity contribution in [2.24, 2.45) is 12.8 Å². The summed E-state index contributed by atoms with van der Waals surface area (Å²) in [6.45, 7) is 1.93. The quantitative estimate of drug-likeness (QED) is 0.779. The van der Waals surface area contributed by atoms with E-state index in [4.69, 9.17) is 5.73 Å². The number of rotatable bonds is 5. The van der Waals surface area contributed by atoms with Crippen molar-refractivity contribution in [3.05, 3.63) is 18.0 Å². The van der Waals surface area contributed by atoms with Gasteiger partial charge in [-0.15, -0.1) is 0 Å². The van der Waals surface area contributed by atoms with E-state index in [1.165, 1.54) is 0 Å². The van der Waals surface area contributed by atoms with Crippen LogP contribution in [0.4, 0.5) is 4.39 Å². The molecule has 0 fully saturated rings. The Bertz CT molecular complexity index is 279. The van der Waals surface area contributed by atoms with E-state index in [1.54, 1.807) is 10.9 Å². The Kier molecular flexibility index (Phi) is 3.63. The summed E-state index contributed by atoms with van der Waals surface area (Å²) in [5.74, 6) is 0. The first-order valence-electron chi connectivity index (χ1n) is 4.96. The van der Waals surface area contributed by atoms with Gasteiger partial charge in [0.2, 0.25) is 0 Å². The lowest BCUT2D eigenvalue weighted by molar-refractivity contribution is 0.154. The molecule has 1 atom stereocenters. The van der Waals surface area contributed by atoms with Crippen LogP contribution in [-0.4, -0.2) is 22.0 Å². The molecular formula is C10H18FN3. The van der Waals surface area contributed by atoms with E-state index in [2.05, 4.69) is 5.10 Å². The zero-order valence-corrected chi connectivity index (χ0v) is 8.83. The molecule has 0 aliphatic carbocycles. The molecule has 0 aliphatic heterocycles. The molecule has 3 nitrogen and oxygen atoms in total. The van der Waals surface area contributed by atoms with Gasteiger partial charge in [0.1, 0.15) is 5.67 Å². The highest BCUT2D eigenvalue weighted by Gasteiger charge is 2.24. The van der Waals surface area contributed by atoms with Crippen molar-refractivity contribution in [3.8, 4) is 0 Å². The second kappa shape index (κ2) is 4.55. The summed E-state index contributed by atoms with van der Waals surface area (Å²) < 4.78 is 15.5. The van der Waals surface area contributed by atoms with Gasteiger partial charge in [-0.25, -0.2) is 4.39 Å². The van der Waals surface area contributed by atoms with E-state index in [9.17, 15) is 4.39 Å². The van der Waals surface area contributed by atoms with Crippen LogP contribution in [0, 0.1) is 0 Å². The fourth-order valence-corrected chi connectivity index (χ4v) is 1.39. The molecule has 80 valence electrons. The molecule has 0 saturated carbocycles. The molecule has 1 rings (SSSR count). The van der Waals surface area contributed by atoms with Crippen LogP contribution >= 0.6 is 0 Å². The molecule has 4 heteroatoms. The summed E-state index contributed by atoms with van der Waals surface area (Å²) in [6.07, 6.45) is 5.34. The van der Waals surface area contributed by atoms with Crippen molar-refractivity contribution in [3.63, 3.8) is 0 Å². The van der Waals surface area contributed by atoms with Crippen molar-refractivity contribution in [2.45, 2.75) is 31.9 Å². The monoisotopic (exact) mass is 199 g/mol. The molecule has 14 heavy (non-hydrogen) atoms. The Morgan fingerprint density at radius 2 is 2.36 bits per heavy atom. The van der Waals surface area contributed by atoms with Gasteiger partial charge in [0.05, 0.1) is 6.20 Å². The Labute approximate surface area is 84.1 Å². The highest BCUT2D eigenvalue weighted by Crippen LogP contribution is 2.21. The second-order valence-corrected chi connectivity index (χ2v) is 3.73. The van der Waals surface area contributed by atoms with Crippen LogP contribution in [0.15, 0.2) is 12.4 Å². The number of aromatic nitrogens is 2. The third kappa shape index (κ3) is 2.80. The van der Waals surface area contributed by atoms with Gasteiger partial charge in [0.15, 0.2) is 0 Å². The molecule has 1 aromatic heterocycles. The van der Waals surface area contributed by atoms with Gasteiger partial charge in [-0.05, 0) is 24.8 Å². The largest absolute Gasteiger partial charge is 0.328 e. The lowest BCUT2D eigenvalue weighted by atomic mass is 9.95. The average Bonchev–Trinajstić information content (AvgIpc) is 2.61. The first-order chi connectivity index (χ1) is 6.59. The maximum Gasteiger partial charge on any atom is 0.123 e. The molecule has 0 bridgehead atoms. The maximum atomic E-state index is 13.8. The van der Waals surface area contributed by atoms with Crippen LogP contribution in [0.3, 0.4) is 0 Å². The zero-order valence-electron chi connectivity index (χ0n) is 8.83. The average molecular weight is 199 g/mol. The Morgan fingerprint density at radius 1 is 1.64 bits per heavy atom. The Balaban J connectivity index is 2.47. The highest BCUT2D eigenvalue weighted by atomic mass is 19.1. The molecule has 0 spiro atoms. The zero-order chi connectivity index (χ0) is 10.6. The van der Waals surface area contributed by atoms with Crippen molar-refractivity contribution < 1.29 is 4.39 Å². The van der Waals surface area contributed by atoms with Crippen LogP contribution < -0.4 is 5.73 Å². The number of aryl methyl sites for hydroxylation is 2. The summed E-state index contributed by atoms with van der Waals surface area (Å²) in [6, 6.07) is 0. The maximum absolute atomic E-state index is 13.8. The molecule has 0 saturated heterocycles. The number of hydrogen-bond acceptors (Lipinski definition) is 2. The summed E-state index contributed by atoms with van der Waals surface area (Å²) >= 11 is 0. The minimum Gasteiger partial charge on any atom is -0.328 e. The molecule has 1 aromatic rings. The smallest absolute Gasteiger partial charge is 0.123 e. The molecule has 2 N–H and O–H groups in total. The first kappa shape index (κ1) is 11.2. The molecule has 0 amide bonds. The predicted molar refractivity (Wildman–Crippen MR) is 54.7 cm³/mol. The Morgan fingerprint density at radius 3 is 2.79 bits per heavy atom. The number of nitrogens with zero attached hydrogens (tertiary/aromatic N) is 2. The van der Waals surface area contributed by atoms with Gasteiger partial charge >= 0.3 is 0 Å². The van der Waals surface area contributed by atoms with E-state index in [1.807, 2.05) is 20.2 Å². The van der Waals surface area contributed by atoms with Crippen LogP contribution in [-0.2, 0) is 13.5 Å². The minimum absolute atomic E-state index is 0.101. The predicted octanol–water partition coefficient (Wildman–Crippen LogP) is 1.43. The number of nitrogens with two attached hydrogens (primary N) is 1. The SMILES string of the molecule is CCC(F)(CN)CCc1cnn(C)c1. The molecule has 1 unspecified atom stereocenters. The number of alkyl halides is 1. The summed E-state index contributed by atoms with van der Waals surface area (Å²) in [5.41, 5.74) is 5.24.